The summed E-state index contributed by atoms with van der Waals surface area (Å²) in [6, 6.07) is 4.40. The molecule has 0 aliphatic heterocycles. The first-order chi connectivity index (χ1) is 7.28. The molecule has 0 bridgehead atoms. The first-order valence-electron chi connectivity index (χ1n) is 5.47. The molecule has 1 aromatic rings. The van der Waals surface area contributed by atoms with Gasteiger partial charge in [-0.1, -0.05) is 12.8 Å². The third-order valence-electron chi connectivity index (χ3n) is 2.70. The second kappa shape index (κ2) is 4.49. The fraction of sp³-hybridized carbons (Fsp3) is 0.545. The molecule has 4 nitrogen and oxygen atoms in total. The lowest BCUT2D eigenvalue weighted by molar-refractivity contribution is 0.642. The number of nitrogen functional groups attached to an aromatic ring is 1. The highest BCUT2D eigenvalue weighted by Crippen LogP contribution is 2.34. The number of hydrogen-bond donors (Lipinski definition) is 3. The summed E-state index contributed by atoms with van der Waals surface area (Å²) in [6.07, 6.45) is 5.81. The number of nitrogens with zero attached hydrogens (tertiary/aromatic N) is 1. The van der Waals surface area contributed by atoms with Crippen molar-refractivity contribution in [1.82, 2.24) is 4.98 Å². The molecule has 4 N–H and O–H groups in total. The Balaban J connectivity index is 1.90. The van der Waals surface area contributed by atoms with E-state index in [4.69, 9.17) is 5.84 Å². The molecule has 4 heteroatoms. The first-order valence-corrected chi connectivity index (χ1v) is 5.47. The number of aromatic nitrogens is 1. The van der Waals surface area contributed by atoms with Crippen molar-refractivity contribution >= 4 is 11.5 Å². The number of hydrogen-bond acceptors (Lipinski definition) is 4. The van der Waals surface area contributed by atoms with E-state index in [2.05, 4.69) is 22.7 Å². The van der Waals surface area contributed by atoms with Gasteiger partial charge in [0.25, 0.3) is 0 Å². The summed E-state index contributed by atoms with van der Waals surface area (Å²) in [7, 11) is 0. The van der Waals surface area contributed by atoms with Crippen LogP contribution in [0.4, 0.5) is 11.5 Å². The van der Waals surface area contributed by atoms with E-state index in [1.165, 1.54) is 19.3 Å². The first kappa shape index (κ1) is 10.2. The minimum Gasteiger partial charge on any atom is -0.382 e. The summed E-state index contributed by atoms with van der Waals surface area (Å²) >= 11 is 0. The number of rotatable bonds is 5. The zero-order valence-corrected chi connectivity index (χ0v) is 9.03. The van der Waals surface area contributed by atoms with Gasteiger partial charge in [-0.3, -0.25) is 0 Å². The summed E-state index contributed by atoms with van der Waals surface area (Å²) in [5, 5.41) is 3.45. The van der Waals surface area contributed by atoms with Crippen molar-refractivity contribution in [3.8, 4) is 0 Å². The van der Waals surface area contributed by atoms with Gasteiger partial charge >= 0.3 is 0 Å². The van der Waals surface area contributed by atoms with Crippen molar-refractivity contribution in [1.29, 1.82) is 0 Å². The third kappa shape index (κ3) is 3.09. The van der Waals surface area contributed by atoms with E-state index in [9.17, 15) is 0 Å². The van der Waals surface area contributed by atoms with E-state index in [1.807, 2.05) is 12.1 Å². The SMILES string of the molecule is CC(CC1CC1)Nc1ccnc(NN)c1. The molecule has 82 valence electrons. The molecule has 0 spiro atoms. The normalized spacial score (nSPS) is 17.2. The molecular formula is C11H18N4. The van der Waals surface area contributed by atoms with E-state index in [1.54, 1.807) is 6.20 Å². The smallest absolute Gasteiger partial charge is 0.141 e. The molecule has 1 aromatic heterocycles. The standard InChI is InChI=1S/C11H18N4/c1-8(6-9-2-3-9)14-10-4-5-13-11(7-10)15-12/h4-5,7-9H,2-3,6,12H2,1H3,(H2,13,14,15). The van der Waals surface area contributed by atoms with E-state index < -0.39 is 0 Å². The third-order valence-corrected chi connectivity index (χ3v) is 2.70. The van der Waals surface area contributed by atoms with E-state index >= 15 is 0 Å². The van der Waals surface area contributed by atoms with Gasteiger partial charge in [0.2, 0.25) is 0 Å². The minimum atomic E-state index is 0.519. The van der Waals surface area contributed by atoms with Gasteiger partial charge in [-0.15, -0.1) is 0 Å². The Morgan fingerprint density at radius 2 is 2.40 bits per heavy atom. The van der Waals surface area contributed by atoms with Crippen LogP contribution in [-0.2, 0) is 0 Å². The summed E-state index contributed by atoms with van der Waals surface area (Å²) < 4.78 is 0. The Morgan fingerprint density at radius 1 is 1.60 bits per heavy atom. The lowest BCUT2D eigenvalue weighted by atomic mass is 10.1. The molecule has 2 rings (SSSR count). The van der Waals surface area contributed by atoms with E-state index in [0.717, 1.165) is 11.6 Å². The molecule has 1 heterocycles. The molecule has 1 aliphatic rings. The fourth-order valence-corrected chi connectivity index (χ4v) is 1.80. The van der Waals surface area contributed by atoms with Gasteiger partial charge in [0.1, 0.15) is 5.82 Å². The number of hydrazine groups is 1. The second-order valence-electron chi connectivity index (χ2n) is 4.30. The molecule has 1 saturated carbocycles. The largest absolute Gasteiger partial charge is 0.382 e. The van der Waals surface area contributed by atoms with Crippen molar-refractivity contribution in [3.63, 3.8) is 0 Å². The molecule has 1 fully saturated rings. The Labute approximate surface area is 90.2 Å². The van der Waals surface area contributed by atoms with Crippen LogP contribution in [-0.4, -0.2) is 11.0 Å². The van der Waals surface area contributed by atoms with Crippen LogP contribution in [0.25, 0.3) is 0 Å². The zero-order valence-electron chi connectivity index (χ0n) is 9.03. The number of anilines is 2. The molecule has 1 atom stereocenters. The minimum absolute atomic E-state index is 0.519. The van der Waals surface area contributed by atoms with E-state index in [-0.39, 0.29) is 0 Å². The molecule has 1 unspecified atom stereocenters. The van der Waals surface area contributed by atoms with Crippen LogP contribution < -0.4 is 16.6 Å². The summed E-state index contributed by atoms with van der Waals surface area (Å²) in [4.78, 5) is 4.06. The van der Waals surface area contributed by atoms with Gasteiger partial charge < -0.3 is 10.7 Å². The van der Waals surface area contributed by atoms with Crippen molar-refractivity contribution in [3.05, 3.63) is 18.3 Å². The van der Waals surface area contributed by atoms with Crippen LogP contribution in [0.3, 0.4) is 0 Å². The predicted octanol–water partition coefficient (Wildman–Crippen LogP) is 1.97. The van der Waals surface area contributed by atoms with Crippen molar-refractivity contribution in [2.45, 2.75) is 32.2 Å². The number of pyridine rings is 1. The van der Waals surface area contributed by atoms with Gasteiger partial charge in [-0.25, -0.2) is 10.8 Å². The maximum atomic E-state index is 5.30. The Hall–Kier alpha value is -1.29. The summed E-state index contributed by atoms with van der Waals surface area (Å²) in [6.45, 7) is 2.22. The van der Waals surface area contributed by atoms with Crippen molar-refractivity contribution < 1.29 is 0 Å². The monoisotopic (exact) mass is 206 g/mol. The maximum Gasteiger partial charge on any atom is 0.141 e. The van der Waals surface area contributed by atoms with Crippen LogP contribution in [0.15, 0.2) is 18.3 Å². The van der Waals surface area contributed by atoms with Gasteiger partial charge in [0, 0.05) is 24.0 Å². The highest BCUT2D eigenvalue weighted by atomic mass is 15.2. The molecular weight excluding hydrogens is 188 g/mol. The Bertz CT molecular complexity index is 322. The zero-order chi connectivity index (χ0) is 10.7. The van der Waals surface area contributed by atoms with Gasteiger partial charge in [-0.2, -0.15) is 0 Å². The van der Waals surface area contributed by atoms with Gasteiger partial charge in [0.15, 0.2) is 0 Å². The molecule has 0 radical (unpaired) electrons. The molecule has 0 aromatic carbocycles. The van der Waals surface area contributed by atoms with Crippen LogP contribution >= 0.6 is 0 Å². The number of nitrogens with one attached hydrogen (secondary N) is 2. The van der Waals surface area contributed by atoms with E-state index in [0.29, 0.717) is 11.9 Å². The van der Waals surface area contributed by atoms with Crippen LogP contribution in [0.1, 0.15) is 26.2 Å². The lowest BCUT2D eigenvalue weighted by Gasteiger charge is -2.15. The maximum absolute atomic E-state index is 5.30. The average molecular weight is 206 g/mol. The summed E-state index contributed by atoms with van der Waals surface area (Å²) in [5.74, 6) is 6.94. The molecule has 0 saturated heterocycles. The lowest BCUT2D eigenvalue weighted by Crippen LogP contribution is -2.16. The summed E-state index contributed by atoms with van der Waals surface area (Å²) in [5.41, 5.74) is 3.62. The Kier molecular flexibility index (Phi) is 3.06. The quantitative estimate of drug-likeness (QED) is 0.509. The van der Waals surface area contributed by atoms with Crippen LogP contribution in [0.5, 0.6) is 0 Å². The highest BCUT2D eigenvalue weighted by molar-refractivity contribution is 5.51. The predicted molar refractivity (Wildman–Crippen MR) is 62.5 cm³/mol. The van der Waals surface area contributed by atoms with Crippen LogP contribution in [0.2, 0.25) is 0 Å². The van der Waals surface area contributed by atoms with Gasteiger partial charge in [0.05, 0.1) is 0 Å². The second-order valence-corrected chi connectivity index (χ2v) is 4.30. The molecule has 15 heavy (non-hydrogen) atoms. The van der Waals surface area contributed by atoms with Gasteiger partial charge in [-0.05, 0) is 25.3 Å². The molecule has 0 amide bonds. The topological polar surface area (TPSA) is 63.0 Å². The highest BCUT2D eigenvalue weighted by Gasteiger charge is 2.23. The number of nitrogens with two attached hydrogens (primary N) is 1. The van der Waals surface area contributed by atoms with Crippen molar-refractivity contribution in [2.24, 2.45) is 11.8 Å². The molecule has 1 aliphatic carbocycles. The van der Waals surface area contributed by atoms with Crippen LogP contribution in [0, 0.1) is 5.92 Å². The Morgan fingerprint density at radius 3 is 3.07 bits per heavy atom. The van der Waals surface area contributed by atoms with Crippen molar-refractivity contribution in [2.75, 3.05) is 10.7 Å². The average Bonchev–Trinajstić information content (AvgIpc) is 3.02. The fourth-order valence-electron chi connectivity index (χ4n) is 1.80.